The first kappa shape index (κ1) is 18.5. The highest BCUT2D eigenvalue weighted by molar-refractivity contribution is 5.74. The molecule has 0 aliphatic carbocycles. The molecule has 1 N–H and O–H groups in total. The van der Waals surface area contributed by atoms with Gasteiger partial charge in [0.05, 0.1) is 13.7 Å². The summed E-state index contributed by atoms with van der Waals surface area (Å²) in [6, 6.07) is 9.62. The molecule has 1 aliphatic heterocycles. The number of methoxy groups -OCH3 is 1. The van der Waals surface area contributed by atoms with Gasteiger partial charge in [-0.05, 0) is 24.1 Å². The number of carbonyl (C=O) groups is 1. The van der Waals surface area contributed by atoms with Crippen LogP contribution in [0.5, 0.6) is 11.6 Å². The summed E-state index contributed by atoms with van der Waals surface area (Å²) < 4.78 is 10.9. The first-order valence-electron chi connectivity index (χ1n) is 8.73. The molecule has 8 heteroatoms. The summed E-state index contributed by atoms with van der Waals surface area (Å²) >= 11 is 0. The summed E-state index contributed by atoms with van der Waals surface area (Å²) in [7, 11) is 1.63. The fraction of sp³-hybridized carbons (Fsp3) is 0.368. The Morgan fingerprint density at radius 2 is 2.11 bits per heavy atom. The van der Waals surface area contributed by atoms with E-state index >= 15 is 0 Å². The van der Waals surface area contributed by atoms with Gasteiger partial charge in [-0.2, -0.15) is 5.26 Å². The number of nitrogens with one attached hydrogen (secondary N) is 1. The molecular formula is C19H21N5O3. The van der Waals surface area contributed by atoms with E-state index in [1.54, 1.807) is 12.0 Å². The van der Waals surface area contributed by atoms with Gasteiger partial charge in [-0.3, -0.25) is 0 Å². The van der Waals surface area contributed by atoms with Crippen LogP contribution in [0.2, 0.25) is 0 Å². The third kappa shape index (κ3) is 4.85. The molecule has 3 rings (SSSR count). The predicted molar refractivity (Wildman–Crippen MR) is 97.4 cm³/mol. The highest BCUT2D eigenvalue weighted by Gasteiger charge is 2.28. The van der Waals surface area contributed by atoms with Gasteiger partial charge in [0.25, 0.3) is 5.88 Å². The van der Waals surface area contributed by atoms with Gasteiger partial charge >= 0.3 is 6.03 Å². The molecule has 0 saturated carbocycles. The minimum atomic E-state index is -0.193. The number of urea groups is 1. The number of benzene rings is 1. The molecule has 1 saturated heterocycles. The molecule has 2 heterocycles. The van der Waals surface area contributed by atoms with Gasteiger partial charge in [0.15, 0.2) is 0 Å². The van der Waals surface area contributed by atoms with E-state index in [-0.39, 0.29) is 23.7 Å². The average molecular weight is 367 g/mol. The topological polar surface area (TPSA) is 100 Å². The minimum Gasteiger partial charge on any atom is -0.497 e. The largest absolute Gasteiger partial charge is 0.497 e. The van der Waals surface area contributed by atoms with Crippen LogP contribution >= 0.6 is 0 Å². The minimum absolute atomic E-state index is 0.116. The number of hydrogen-bond donors (Lipinski definition) is 1. The fourth-order valence-corrected chi connectivity index (χ4v) is 2.87. The smallest absolute Gasteiger partial charge is 0.317 e. The number of amides is 2. The van der Waals surface area contributed by atoms with Crippen molar-refractivity contribution >= 4 is 6.03 Å². The standard InChI is InChI=1S/C19H21N5O3/c1-26-15-4-2-14(3-5-15)6-8-23-19(25)24-11-7-16(13-24)27-18-17(12-20)21-9-10-22-18/h2-5,9-10,16H,6-8,11,13H2,1H3,(H,23,25)/t16-/m1/s1. The van der Waals surface area contributed by atoms with E-state index in [1.165, 1.54) is 12.4 Å². The monoisotopic (exact) mass is 367 g/mol. The molecule has 2 amide bonds. The zero-order valence-corrected chi connectivity index (χ0v) is 15.1. The molecule has 0 spiro atoms. The lowest BCUT2D eigenvalue weighted by Crippen LogP contribution is -2.40. The van der Waals surface area contributed by atoms with Gasteiger partial charge in [-0.15, -0.1) is 0 Å². The number of carbonyl (C=O) groups excluding carboxylic acids is 1. The van der Waals surface area contributed by atoms with Gasteiger partial charge in [-0.1, -0.05) is 12.1 Å². The van der Waals surface area contributed by atoms with Gasteiger partial charge in [0, 0.05) is 31.9 Å². The maximum absolute atomic E-state index is 12.3. The maximum atomic E-state index is 12.3. The molecule has 1 atom stereocenters. The molecular weight excluding hydrogens is 346 g/mol. The molecule has 2 aromatic rings. The number of aromatic nitrogens is 2. The van der Waals surface area contributed by atoms with E-state index in [1.807, 2.05) is 30.3 Å². The Bertz CT molecular complexity index is 819. The van der Waals surface area contributed by atoms with Gasteiger partial charge in [0.2, 0.25) is 5.69 Å². The molecule has 0 radical (unpaired) electrons. The van der Waals surface area contributed by atoms with E-state index < -0.39 is 0 Å². The van der Waals surface area contributed by atoms with Crippen molar-refractivity contribution in [3.63, 3.8) is 0 Å². The molecule has 1 aliphatic rings. The number of likely N-dealkylation sites (tertiary alicyclic amines) is 1. The second-order valence-corrected chi connectivity index (χ2v) is 6.13. The maximum Gasteiger partial charge on any atom is 0.317 e. The number of nitrogens with zero attached hydrogens (tertiary/aromatic N) is 4. The zero-order valence-electron chi connectivity index (χ0n) is 15.1. The van der Waals surface area contributed by atoms with E-state index in [0.717, 1.165) is 17.7 Å². The Labute approximate surface area is 157 Å². The fourth-order valence-electron chi connectivity index (χ4n) is 2.87. The van der Waals surface area contributed by atoms with Crippen molar-refractivity contribution < 1.29 is 14.3 Å². The van der Waals surface area contributed by atoms with E-state index in [9.17, 15) is 4.79 Å². The second-order valence-electron chi connectivity index (χ2n) is 6.13. The van der Waals surface area contributed by atoms with E-state index in [0.29, 0.717) is 26.1 Å². The first-order chi connectivity index (χ1) is 13.2. The van der Waals surface area contributed by atoms with Crippen LogP contribution in [0.1, 0.15) is 17.7 Å². The van der Waals surface area contributed by atoms with Crippen LogP contribution in [0.25, 0.3) is 0 Å². The van der Waals surface area contributed by atoms with Crippen molar-refractivity contribution in [3.8, 4) is 17.7 Å². The lowest BCUT2D eigenvalue weighted by molar-refractivity contribution is 0.182. The van der Waals surface area contributed by atoms with Crippen molar-refractivity contribution in [1.29, 1.82) is 5.26 Å². The molecule has 1 aromatic heterocycles. The average Bonchev–Trinajstić information content (AvgIpc) is 3.17. The van der Waals surface area contributed by atoms with E-state index in [4.69, 9.17) is 14.7 Å². The number of rotatable bonds is 6. The third-order valence-electron chi connectivity index (χ3n) is 4.33. The summed E-state index contributed by atoms with van der Waals surface area (Å²) in [6.07, 6.45) is 4.17. The predicted octanol–water partition coefficient (Wildman–Crippen LogP) is 1.76. The van der Waals surface area contributed by atoms with Crippen molar-refractivity contribution in [2.45, 2.75) is 18.9 Å². The molecule has 140 valence electrons. The molecule has 0 bridgehead atoms. The summed E-state index contributed by atoms with van der Waals surface area (Å²) in [5.41, 5.74) is 1.28. The van der Waals surface area contributed by atoms with Crippen LogP contribution < -0.4 is 14.8 Å². The second kappa shape index (κ2) is 8.85. The van der Waals surface area contributed by atoms with Crippen LogP contribution in [0.3, 0.4) is 0 Å². The molecule has 27 heavy (non-hydrogen) atoms. The number of hydrogen-bond acceptors (Lipinski definition) is 6. The SMILES string of the molecule is COc1ccc(CCNC(=O)N2CC[C@@H](Oc3nccnc3C#N)C2)cc1. The lowest BCUT2D eigenvalue weighted by Gasteiger charge is -2.18. The van der Waals surface area contributed by atoms with Crippen molar-refractivity contribution in [2.24, 2.45) is 0 Å². The molecule has 8 nitrogen and oxygen atoms in total. The highest BCUT2D eigenvalue weighted by atomic mass is 16.5. The lowest BCUT2D eigenvalue weighted by atomic mass is 10.1. The van der Waals surface area contributed by atoms with Crippen LogP contribution in [0, 0.1) is 11.3 Å². The van der Waals surface area contributed by atoms with Gasteiger partial charge < -0.3 is 19.7 Å². The third-order valence-corrected chi connectivity index (χ3v) is 4.33. The summed E-state index contributed by atoms with van der Waals surface area (Å²) in [5.74, 6) is 1.03. The van der Waals surface area contributed by atoms with Crippen molar-refractivity contribution in [2.75, 3.05) is 26.7 Å². The Hall–Kier alpha value is -3.34. The quantitative estimate of drug-likeness (QED) is 0.835. The van der Waals surface area contributed by atoms with Crippen LogP contribution in [-0.4, -0.2) is 53.7 Å². The van der Waals surface area contributed by atoms with Crippen molar-refractivity contribution in [1.82, 2.24) is 20.2 Å². The van der Waals surface area contributed by atoms with Gasteiger partial charge in [-0.25, -0.2) is 14.8 Å². The Morgan fingerprint density at radius 1 is 1.33 bits per heavy atom. The Morgan fingerprint density at radius 3 is 2.85 bits per heavy atom. The first-order valence-corrected chi connectivity index (χ1v) is 8.73. The number of ether oxygens (including phenoxy) is 2. The van der Waals surface area contributed by atoms with Crippen molar-refractivity contribution in [3.05, 3.63) is 47.9 Å². The summed E-state index contributed by atoms with van der Waals surface area (Å²) in [4.78, 5) is 22.0. The van der Waals surface area contributed by atoms with Crippen LogP contribution in [0.15, 0.2) is 36.7 Å². The zero-order chi connectivity index (χ0) is 19.1. The van der Waals surface area contributed by atoms with E-state index in [2.05, 4.69) is 15.3 Å². The number of nitriles is 1. The summed E-state index contributed by atoms with van der Waals surface area (Å²) in [5, 5.41) is 12.0. The molecule has 0 unspecified atom stereocenters. The normalized spacial score (nSPS) is 15.9. The molecule has 1 fully saturated rings. The molecule has 1 aromatic carbocycles. The Balaban J connectivity index is 1.44. The van der Waals surface area contributed by atoms with Gasteiger partial charge in [0.1, 0.15) is 17.9 Å². The van der Waals surface area contributed by atoms with Crippen LogP contribution in [-0.2, 0) is 6.42 Å². The highest BCUT2D eigenvalue weighted by Crippen LogP contribution is 2.18. The Kier molecular flexibility index (Phi) is 6.05. The summed E-state index contributed by atoms with van der Waals surface area (Å²) in [6.45, 7) is 1.60. The van der Waals surface area contributed by atoms with Crippen LogP contribution in [0.4, 0.5) is 4.79 Å².